The van der Waals surface area contributed by atoms with E-state index in [4.69, 9.17) is 18.9 Å². The maximum Gasteiger partial charge on any atom is 0.378 e. The highest BCUT2D eigenvalue weighted by atomic mass is 16.6. The third kappa shape index (κ3) is 8.32. The third-order valence-electron chi connectivity index (χ3n) is 4.13. The van der Waals surface area contributed by atoms with Crippen LogP contribution < -0.4 is 0 Å². The van der Waals surface area contributed by atoms with Crippen LogP contribution in [0.3, 0.4) is 0 Å². The average molecular weight is 406 g/mol. The van der Waals surface area contributed by atoms with Crippen LogP contribution in [0.1, 0.15) is 46.0 Å². The van der Waals surface area contributed by atoms with Crippen LogP contribution in [0.4, 0.5) is 0 Å². The molecule has 0 saturated carbocycles. The lowest BCUT2D eigenvalue weighted by Gasteiger charge is -2.20. The fourth-order valence-corrected chi connectivity index (χ4v) is 2.48. The van der Waals surface area contributed by atoms with Crippen LogP contribution in [0.25, 0.3) is 0 Å². The second kappa shape index (κ2) is 13.7. The summed E-state index contributed by atoms with van der Waals surface area (Å²) in [6.45, 7) is 3.60. The van der Waals surface area contributed by atoms with E-state index < -0.39 is 37.0 Å². The van der Waals surface area contributed by atoms with Crippen molar-refractivity contribution < 1.29 is 44.2 Å². The highest BCUT2D eigenvalue weighted by Gasteiger charge is 2.42. The number of aliphatic hydroxyl groups excluding tert-OH is 4. The molecule has 0 amide bonds. The Balaban J connectivity index is 2.71. The normalized spacial score (nSPS) is 20.1. The summed E-state index contributed by atoms with van der Waals surface area (Å²) in [6.07, 6.45) is -0.256. The topological polar surface area (TPSA) is 135 Å². The van der Waals surface area contributed by atoms with E-state index in [0.29, 0.717) is 13.0 Å². The van der Waals surface area contributed by atoms with Gasteiger partial charge in [0.15, 0.2) is 11.9 Å². The molecular weight excluding hydrogens is 372 g/mol. The van der Waals surface area contributed by atoms with E-state index in [1.807, 2.05) is 13.8 Å². The zero-order valence-electron chi connectivity index (χ0n) is 16.7. The highest BCUT2D eigenvalue weighted by Crippen LogP contribution is 2.27. The molecule has 2 unspecified atom stereocenters. The van der Waals surface area contributed by atoms with E-state index in [2.05, 4.69) is 0 Å². The van der Waals surface area contributed by atoms with Gasteiger partial charge in [-0.3, -0.25) is 0 Å². The highest BCUT2D eigenvalue weighted by molar-refractivity contribution is 5.89. The van der Waals surface area contributed by atoms with Crippen molar-refractivity contribution in [1.29, 1.82) is 0 Å². The quantitative estimate of drug-likeness (QED) is 0.210. The molecule has 1 aliphatic rings. The van der Waals surface area contributed by atoms with Gasteiger partial charge in [0.05, 0.1) is 19.3 Å². The van der Waals surface area contributed by atoms with Gasteiger partial charge in [-0.1, -0.05) is 33.1 Å². The van der Waals surface area contributed by atoms with Crippen molar-refractivity contribution in [3.63, 3.8) is 0 Å². The molecule has 28 heavy (non-hydrogen) atoms. The molecule has 0 aromatic heterocycles. The number of hydrogen-bond acceptors (Lipinski definition) is 9. The standard InChI is InChI=1S/C19H34O9/c1-3-5-7-13(21)11-27-18-17(16(15(23)9-20)28-19(18)24)26-12-14(22)10-25-8-6-4-2/h13-16,20-23H,3-12H2,1-2H3/t13?,14?,15-,16+/m0/s1. The van der Waals surface area contributed by atoms with Crippen LogP contribution in [0, 0.1) is 0 Å². The Morgan fingerprint density at radius 1 is 1.00 bits per heavy atom. The summed E-state index contributed by atoms with van der Waals surface area (Å²) in [7, 11) is 0. The van der Waals surface area contributed by atoms with Gasteiger partial charge in [0, 0.05) is 6.61 Å². The number of rotatable bonds is 16. The molecule has 0 fully saturated rings. The smallest absolute Gasteiger partial charge is 0.378 e. The van der Waals surface area contributed by atoms with Gasteiger partial charge in [-0.25, -0.2) is 4.79 Å². The van der Waals surface area contributed by atoms with Crippen molar-refractivity contribution in [2.24, 2.45) is 0 Å². The predicted octanol–water partition coefficient (Wildman–Crippen LogP) is 0.239. The first kappa shape index (κ1) is 24.6. The molecular formula is C19H34O9. The summed E-state index contributed by atoms with van der Waals surface area (Å²) in [5, 5.41) is 38.9. The summed E-state index contributed by atoms with van der Waals surface area (Å²) < 4.78 is 21.2. The molecule has 0 bridgehead atoms. The van der Waals surface area contributed by atoms with Gasteiger partial charge in [0.1, 0.15) is 25.4 Å². The fourth-order valence-electron chi connectivity index (χ4n) is 2.48. The second-order valence-corrected chi connectivity index (χ2v) is 6.77. The fraction of sp³-hybridized carbons (Fsp3) is 0.842. The van der Waals surface area contributed by atoms with Crippen LogP contribution in [0.2, 0.25) is 0 Å². The van der Waals surface area contributed by atoms with Crippen LogP contribution in [0.5, 0.6) is 0 Å². The lowest BCUT2D eigenvalue weighted by Crippen LogP contribution is -2.33. The lowest BCUT2D eigenvalue weighted by atomic mass is 10.1. The molecule has 0 aromatic carbocycles. The molecule has 0 aromatic rings. The van der Waals surface area contributed by atoms with Crippen molar-refractivity contribution in [1.82, 2.24) is 0 Å². The van der Waals surface area contributed by atoms with Gasteiger partial charge in [0.25, 0.3) is 0 Å². The van der Waals surface area contributed by atoms with Gasteiger partial charge < -0.3 is 39.4 Å². The number of cyclic esters (lactones) is 1. The Morgan fingerprint density at radius 3 is 2.32 bits per heavy atom. The number of ether oxygens (including phenoxy) is 4. The largest absolute Gasteiger partial charge is 0.487 e. The number of carbonyl (C=O) groups excluding carboxylic acids is 1. The molecule has 9 heteroatoms. The summed E-state index contributed by atoms with van der Waals surface area (Å²) in [6, 6.07) is 0. The predicted molar refractivity (Wildman–Crippen MR) is 99.2 cm³/mol. The molecule has 1 rings (SSSR count). The Labute approximate surface area is 165 Å². The van der Waals surface area contributed by atoms with Crippen LogP contribution >= 0.6 is 0 Å². The van der Waals surface area contributed by atoms with Crippen molar-refractivity contribution >= 4 is 5.97 Å². The first-order valence-corrected chi connectivity index (χ1v) is 9.88. The SMILES string of the molecule is CCCCOCC(O)COC1=C(OCC(O)CCCC)C(=O)O[C@@H]1[C@@H](O)CO. The number of hydrogen-bond donors (Lipinski definition) is 4. The van der Waals surface area contributed by atoms with E-state index in [1.165, 1.54) is 0 Å². The lowest BCUT2D eigenvalue weighted by molar-refractivity contribution is -0.149. The number of carbonyl (C=O) groups is 1. The van der Waals surface area contributed by atoms with Crippen LogP contribution in [-0.4, -0.2) is 83.8 Å². The van der Waals surface area contributed by atoms with Gasteiger partial charge >= 0.3 is 5.97 Å². The Hall–Kier alpha value is -1.39. The molecule has 0 radical (unpaired) electrons. The molecule has 0 spiro atoms. The maximum atomic E-state index is 12.1. The van der Waals surface area contributed by atoms with E-state index in [0.717, 1.165) is 25.7 Å². The average Bonchev–Trinajstić information content (AvgIpc) is 3.01. The minimum atomic E-state index is -1.40. The van der Waals surface area contributed by atoms with E-state index in [9.17, 15) is 25.2 Å². The first-order chi connectivity index (χ1) is 13.4. The molecule has 9 nitrogen and oxygen atoms in total. The van der Waals surface area contributed by atoms with Crippen molar-refractivity contribution in [3.05, 3.63) is 11.5 Å². The number of aliphatic hydroxyl groups is 4. The summed E-state index contributed by atoms with van der Waals surface area (Å²) in [5.74, 6) is -1.24. The summed E-state index contributed by atoms with van der Waals surface area (Å²) in [4.78, 5) is 12.1. The monoisotopic (exact) mass is 406 g/mol. The maximum absolute atomic E-state index is 12.1. The zero-order valence-corrected chi connectivity index (χ0v) is 16.7. The molecule has 4 N–H and O–H groups in total. The zero-order chi connectivity index (χ0) is 20.9. The van der Waals surface area contributed by atoms with Gasteiger partial charge in [0.2, 0.25) is 5.76 Å². The number of esters is 1. The van der Waals surface area contributed by atoms with Crippen LogP contribution in [-0.2, 0) is 23.7 Å². The minimum absolute atomic E-state index is 0.0568. The van der Waals surface area contributed by atoms with Gasteiger partial charge in [-0.2, -0.15) is 0 Å². The molecule has 0 aliphatic carbocycles. The molecule has 1 heterocycles. The van der Waals surface area contributed by atoms with Crippen LogP contribution in [0.15, 0.2) is 11.5 Å². The summed E-state index contributed by atoms with van der Waals surface area (Å²) in [5.41, 5.74) is 0. The van der Waals surface area contributed by atoms with Gasteiger partial charge in [-0.15, -0.1) is 0 Å². The first-order valence-electron chi connectivity index (χ1n) is 9.88. The molecule has 164 valence electrons. The Bertz CT molecular complexity index is 480. The third-order valence-corrected chi connectivity index (χ3v) is 4.13. The minimum Gasteiger partial charge on any atom is -0.487 e. The van der Waals surface area contributed by atoms with Crippen molar-refractivity contribution in [2.75, 3.05) is 33.0 Å². The second-order valence-electron chi connectivity index (χ2n) is 6.77. The van der Waals surface area contributed by atoms with E-state index >= 15 is 0 Å². The van der Waals surface area contributed by atoms with Crippen molar-refractivity contribution in [2.45, 2.75) is 70.4 Å². The Morgan fingerprint density at radius 2 is 1.68 bits per heavy atom. The van der Waals surface area contributed by atoms with E-state index in [-0.39, 0.29) is 31.3 Å². The van der Waals surface area contributed by atoms with Gasteiger partial charge in [-0.05, 0) is 12.8 Å². The van der Waals surface area contributed by atoms with E-state index in [1.54, 1.807) is 0 Å². The molecule has 1 aliphatic heterocycles. The molecule has 0 saturated heterocycles. The summed E-state index contributed by atoms with van der Waals surface area (Å²) >= 11 is 0. The van der Waals surface area contributed by atoms with Crippen molar-refractivity contribution in [3.8, 4) is 0 Å². The number of unbranched alkanes of at least 4 members (excludes halogenated alkanes) is 2. The Kier molecular flexibility index (Phi) is 12.1. The molecule has 4 atom stereocenters.